The molecule has 0 saturated heterocycles. The number of benzene rings is 1. The van der Waals surface area contributed by atoms with Crippen molar-refractivity contribution in [1.29, 1.82) is 0 Å². The molecule has 1 aliphatic carbocycles. The zero-order valence-corrected chi connectivity index (χ0v) is 16.7. The van der Waals surface area contributed by atoms with E-state index in [-0.39, 0.29) is 5.91 Å². The maximum atomic E-state index is 12.2. The van der Waals surface area contributed by atoms with Crippen LogP contribution in [-0.4, -0.2) is 26.6 Å². The van der Waals surface area contributed by atoms with E-state index in [1.54, 1.807) is 6.20 Å². The van der Waals surface area contributed by atoms with E-state index in [1.165, 1.54) is 48.8 Å². The maximum Gasteiger partial charge on any atom is 0.236 e. The highest BCUT2D eigenvalue weighted by atomic mass is 32.2. The van der Waals surface area contributed by atoms with Crippen LogP contribution in [0.4, 0.5) is 5.13 Å². The lowest BCUT2D eigenvalue weighted by atomic mass is 10.0. The Morgan fingerprint density at radius 2 is 2.07 bits per heavy atom. The number of amides is 1. The molecular formula is C20H22N4OS2. The van der Waals surface area contributed by atoms with E-state index in [1.807, 2.05) is 29.6 Å². The molecule has 140 valence electrons. The molecular weight excluding hydrogens is 376 g/mol. The number of carbonyl (C=O) groups is 1. The predicted molar refractivity (Wildman–Crippen MR) is 111 cm³/mol. The number of anilines is 1. The van der Waals surface area contributed by atoms with Crippen LogP contribution in [0.3, 0.4) is 0 Å². The number of thioether (sulfide) groups is 1. The number of carbonyl (C=O) groups excluding carboxylic acids is 1. The number of thiazole rings is 1. The minimum absolute atomic E-state index is 0.0647. The van der Waals surface area contributed by atoms with Gasteiger partial charge in [0.2, 0.25) is 5.91 Å². The number of rotatable bonds is 7. The van der Waals surface area contributed by atoms with Gasteiger partial charge in [-0.25, -0.2) is 15.0 Å². The van der Waals surface area contributed by atoms with Crippen LogP contribution in [0.2, 0.25) is 0 Å². The van der Waals surface area contributed by atoms with E-state index in [9.17, 15) is 4.79 Å². The van der Waals surface area contributed by atoms with E-state index in [2.05, 4.69) is 10.3 Å². The third-order valence-electron chi connectivity index (χ3n) is 4.88. The fourth-order valence-electron chi connectivity index (χ4n) is 3.52. The molecule has 1 saturated carbocycles. The van der Waals surface area contributed by atoms with Crippen molar-refractivity contribution < 1.29 is 4.79 Å². The molecule has 5 nitrogen and oxygen atoms in total. The smallest absolute Gasteiger partial charge is 0.236 e. The van der Waals surface area contributed by atoms with Crippen molar-refractivity contribution in [3.8, 4) is 0 Å². The van der Waals surface area contributed by atoms with Crippen molar-refractivity contribution in [2.75, 3.05) is 11.1 Å². The van der Waals surface area contributed by atoms with Gasteiger partial charge in [-0.2, -0.15) is 0 Å². The van der Waals surface area contributed by atoms with E-state index < -0.39 is 0 Å². The topological polar surface area (TPSA) is 67.8 Å². The molecule has 4 rings (SSSR count). The molecule has 0 unspecified atom stereocenters. The Balaban J connectivity index is 1.46. The number of nitrogens with one attached hydrogen (secondary N) is 1. The van der Waals surface area contributed by atoms with Gasteiger partial charge in [-0.05, 0) is 18.4 Å². The number of hydrogen-bond donors (Lipinski definition) is 1. The van der Waals surface area contributed by atoms with Crippen LogP contribution in [0.5, 0.6) is 0 Å². The van der Waals surface area contributed by atoms with Gasteiger partial charge < -0.3 is 5.32 Å². The average molecular weight is 399 g/mol. The maximum absolute atomic E-state index is 12.2. The van der Waals surface area contributed by atoms with Gasteiger partial charge in [-0.3, -0.25) is 4.79 Å². The minimum atomic E-state index is -0.0647. The van der Waals surface area contributed by atoms with Crippen LogP contribution in [0, 0.1) is 5.92 Å². The van der Waals surface area contributed by atoms with Gasteiger partial charge >= 0.3 is 0 Å². The lowest BCUT2D eigenvalue weighted by Gasteiger charge is -2.10. The largest absolute Gasteiger partial charge is 0.301 e. The molecule has 1 N–H and O–H groups in total. The fraction of sp³-hybridized carbons (Fsp3) is 0.400. The second kappa shape index (κ2) is 8.80. The molecule has 0 aliphatic heterocycles. The first-order valence-corrected chi connectivity index (χ1v) is 11.2. The van der Waals surface area contributed by atoms with Gasteiger partial charge in [0, 0.05) is 23.4 Å². The molecule has 0 atom stereocenters. The average Bonchev–Trinajstić information content (AvgIpc) is 3.38. The second-order valence-corrected chi connectivity index (χ2v) is 8.68. The van der Waals surface area contributed by atoms with Gasteiger partial charge in [0.1, 0.15) is 10.9 Å². The summed E-state index contributed by atoms with van der Waals surface area (Å²) < 4.78 is 0. The predicted octanol–water partition coefficient (Wildman–Crippen LogP) is 4.94. The monoisotopic (exact) mass is 398 g/mol. The zero-order valence-electron chi connectivity index (χ0n) is 15.1. The molecule has 2 aromatic heterocycles. The summed E-state index contributed by atoms with van der Waals surface area (Å²) >= 11 is 2.88. The van der Waals surface area contributed by atoms with Gasteiger partial charge in [0.05, 0.1) is 11.3 Å². The summed E-state index contributed by atoms with van der Waals surface area (Å²) in [6.45, 7) is 0. The molecule has 1 aromatic carbocycles. The summed E-state index contributed by atoms with van der Waals surface area (Å²) in [4.78, 5) is 25.8. The first-order chi connectivity index (χ1) is 13.3. The Morgan fingerprint density at radius 1 is 1.22 bits per heavy atom. The van der Waals surface area contributed by atoms with E-state index in [0.717, 1.165) is 40.5 Å². The van der Waals surface area contributed by atoms with Crippen LogP contribution >= 0.6 is 23.1 Å². The highest BCUT2D eigenvalue weighted by Gasteiger charge is 2.16. The number of aryl methyl sites for hydroxylation is 1. The van der Waals surface area contributed by atoms with Gasteiger partial charge in [-0.1, -0.05) is 55.6 Å². The molecule has 7 heteroatoms. The molecule has 0 spiro atoms. The quantitative estimate of drug-likeness (QED) is 0.451. The van der Waals surface area contributed by atoms with Crippen molar-refractivity contribution in [3.05, 3.63) is 41.7 Å². The highest BCUT2D eigenvalue weighted by Crippen LogP contribution is 2.30. The van der Waals surface area contributed by atoms with E-state index >= 15 is 0 Å². The van der Waals surface area contributed by atoms with Crippen molar-refractivity contribution in [2.24, 2.45) is 5.92 Å². The molecule has 0 radical (unpaired) electrons. The van der Waals surface area contributed by atoms with Gasteiger partial charge in [-0.15, -0.1) is 11.3 Å². The number of aromatic nitrogens is 3. The van der Waals surface area contributed by atoms with Crippen LogP contribution in [0.15, 0.2) is 40.9 Å². The normalized spacial score (nSPS) is 14.7. The first-order valence-electron chi connectivity index (χ1n) is 9.36. The Bertz CT molecular complexity index is 907. The highest BCUT2D eigenvalue weighted by molar-refractivity contribution is 8.00. The van der Waals surface area contributed by atoms with E-state index in [4.69, 9.17) is 9.97 Å². The van der Waals surface area contributed by atoms with Crippen molar-refractivity contribution in [1.82, 2.24) is 15.0 Å². The lowest BCUT2D eigenvalue weighted by molar-refractivity contribution is -0.113. The molecule has 27 heavy (non-hydrogen) atoms. The Morgan fingerprint density at radius 3 is 2.89 bits per heavy atom. The fourth-order valence-corrected chi connectivity index (χ4v) is 4.91. The summed E-state index contributed by atoms with van der Waals surface area (Å²) in [6, 6.07) is 8.04. The molecule has 1 amide bonds. The summed E-state index contributed by atoms with van der Waals surface area (Å²) in [5.41, 5.74) is 0.955. The van der Waals surface area contributed by atoms with E-state index in [0.29, 0.717) is 10.9 Å². The van der Waals surface area contributed by atoms with Crippen LogP contribution in [-0.2, 0) is 11.2 Å². The third-order valence-corrected chi connectivity index (χ3v) is 6.56. The summed E-state index contributed by atoms with van der Waals surface area (Å²) in [5.74, 6) is 1.96. The molecule has 1 aliphatic rings. The van der Waals surface area contributed by atoms with Crippen LogP contribution in [0.1, 0.15) is 37.9 Å². The van der Waals surface area contributed by atoms with Gasteiger partial charge in [0.25, 0.3) is 0 Å². The van der Waals surface area contributed by atoms with Crippen LogP contribution in [0.25, 0.3) is 10.9 Å². The first kappa shape index (κ1) is 18.4. The Hall–Kier alpha value is -1.99. The summed E-state index contributed by atoms with van der Waals surface area (Å²) in [6.07, 6.45) is 9.15. The Labute approximate surface area is 167 Å². The summed E-state index contributed by atoms with van der Waals surface area (Å²) in [5, 5.41) is 7.19. The van der Waals surface area contributed by atoms with Crippen LogP contribution < -0.4 is 5.32 Å². The number of hydrogen-bond acceptors (Lipinski definition) is 6. The number of para-hydroxylation sites is 1. The zero-order chi connectivity index (χ0) is 18.5. The standard InChI is InChI=1S/C20H22N4OS2/c25-18(24-20-21-11-12-26-20)13-27-19-15-7-3-4-8-16(15)22-17(23-19)10-9-14-5-1-2-6-14/h3-4,7-8,11-12,14H,1-2,5-6,9-10,13H2,(H,21,24,25). The van der Waals surface area contributed by atoms with Crippen molar-refractivity contribution >= 4 is 45.0 Å². The number of nitrogens with zero attached hydrogens (tertiary/aromatic N) is 3. The molecule has 0 bridgehead atoms. The molecule has 2 heterocycles. The molecule has 3 aromatic rings. The lowest BCUT2D eigenvalue weighted by Crippen LogP contribution is -2.14. The van der Waals surface area contributed by atoms with Crippen molar-refractivity contribution in [2.45, 2.75) is 43.6 Å². The summed E-state index contributed by atoms with van der Waals surface area (Å²) in [7, 11) is 0. The second-order valence-electron chi connectivity index (χ2n) is 6.83. The molecule has 1 fully saturated rings. The van der Waals surface area contributed by atoms with Crippen molar-refractivity contribution in [3.63, 3.8) is 0 Å². The van der Waals surface area contributed by atoms with Gasteiger partial charge in [0.15, 0.2) is 5.13 Å². The Kier molecular flexibility index (Phi) is 5.99. The minimum Gasteiger partial charge on any atom is -0.301 e. The third kappa shape index (κ3) is 4.84. The number of fused-ring (bicyclic) bond motifs is 1. The SMILES string of the molecule is O=C(CSc1nc(CCC2CCCC2)nc2ccccc12)Nc1nccs1.